The Balaban J connectivity index is 1.83. The van der Waals surface area contributed by atoms with Crippen molar-refractivity contribution in [1.82, 2.24) is 24.2 Å². The normalized spacial score (nSPS) is 16.4. The fourth-order valence-electron chi connectivity index (χ4n) is 2.82. The summed E-state index contributed by atoms with van der Waals surface area (Å²) in [7, 11) is 0. The van der Waals surface area contributed by atoms with Crippen LogP contribution in [0.15, 0.2) is 0 Å². The summed E-state index contributed by atoms with van der Waals surface area (Å²) < 4.78 is 6.18. The summed E-state index contributed by atoms with van der Waals surface area (Å²) in [5, 5.41) is 14.9. The summed E-state index contributed by atoms with van der Waals surface area (Å²) in [6.45, 7) is 1.96. The van der Waals surface area contributed by atoms with Crippen LogP contribution < -0.4 is 5.73 Å². The molecular formula is C12H14N6S2. The van der Waals surface area contributed by atoms with E-state index in [1.165, 1.54) is 48.6 Å². The third-order valence-electron chi connectivity index (χ3n) is 3.84. The van der Waals surface area contributed by atoms with Crippen molar-refractivity contribution in [3.63, 3.8) is 0 Å². The van der Waals surface area contributed by atoms with Gasteiger partial charge in [0.2, 0.25) is 4.96 Å². The second-order valence-corrected chi connectivity index (χ2v) is 6.91. The lowest BCUT2D eigenvalue weighted by molar-refractivity contribution is 0.641. The van der Waals surface area contributed by atoms with Crippen LogP contribution in [0.5, 0.6) is 0 Å². The maximum Gasteiger partial charge on any atom is 0.234 e. The molecule has 6 nitrogen and oxygen atoms in total. The number of aromatic nitrogens is 5. The zero-order chi connectivity index (χ0) is 13.7. The topological polar surface area (TPSA) is 82.0 Å². The van der Waals surface area contributed by atoms with Gasteiger partial charge in [-0.1, -0.05) is 24.2 Å². The molecule has 4 rings (SSSR count). The Morgan fingerprint density at radius 1 is 1.25 bits per heavy atom. The van der Waals surface area contributed by atoms with Crippen LogP contribution in [-0.2, 0) is 0 Å². The molecule has 1 aliphatic carbocycles. The predicted octanol–water partition coefficient (Wildman–Crippen LogP) is 2.86. The van der Waals surface area contributed by atoms with Crippen molar-refractivity contribution in [2.45, 2.75) is 38.5 Å². The minimum Gasteiger partial charge on any atom is -0.389 e. The SMILES string of the molecule is Cc1nsc(N)c1-c1nn2c(C3CCCC3)nnc2s1. The summed E-state index contributed by atoms with van der Waals surface area (Å²) in [5.41, 5.74) is 7.88. The third kappa shape index (κ3) is 1.75. The Bertz CT molecular complexity index is 745. The van der Waals surface area contributed by atoms with Gasteiger partial charge in [0.05, 0.1) is 11.3 Å². The van der Waals surface area contributed by atoms with E-state index in [9.17, 15) is 0 Å². The molecule has 1 aliphatic rings. The lowest BCUT2D eigenvalue weighted by Crippen LogP contribution is -2.01. The second-order valence-electron chi connectivity index (χ2n) is 5.15. The van der Waals surface area contributed by atoms with Crippen molar-refractivity contribution in [3.8, 4) is 10.6 Å². The Morgan fingerprint density at radius 2 is 2.05 bits per heavy atom. The summed E-state index contributed by atoms with van der Waals surface area (Å²) in [6, 6.07) is 0. The van der Waals surface area contributed by atoms with Crippen molar-refractivity contribution in [3.05, 3.63) is 11.5 Å². The first-order valence-corrected chi connectivity index (χ1v) is 8.27. The summed E-state index contributed by atoms with van der Waals surface area (Å²) in [6.07, 6.45) is 4.93. The minimum absolute atomic E-state index is 0.499. The molecule has 3 heterocycles. The first-order chi connectivity index (χ1) is 9.74. The zero-order valence-corrected chi connectivity index (χ0v) is 12.7. The summed E-state index contributed by atoms with van der Waals surface area (Å²) >= 11 is 2.84. The molecule has 8 heteroatoms. The van der Waals surface area contributed by atoms with Gasteiger partial charge in [0.15, 0.2) is 10.8 Å². The van der Waals surface area contributed by atoms with Gasteiger partial charge in [-0.2, -0.15) is 14.0 Å². The quantitative estimate of drug-likeness (QED) is 0.787. The fourth-order valence-corrected chi connectivity index (χ4v) is 4.50. The second kappa shape index (κ2) is 4.49. The Labute approximate surface area is 123 Å². The van der Waals surface area contributed by atoms with Gasteiger partial charge in [-0.3, -0.25) is 0 Å². The van der Waals surface area contributed by atoms with Gasteiger partial charge in [-0.25, -0.2) is 0 Å². The van der Waals surface area contributed by atoms with E-state index in [1.54, 1.807) is 0 Å². The highest BCUT2D eigenvalue weighted by Crippen LogP contribution is 2.37. The molecule has 2 N–H and O–H groups in total. The van der Waals surface area contributed by atoms with Gasteiger partial charge in [-0.15, -0.1) is 10.2 Å². The molecule has 0 aliphatic heterocycles. The highest BCUT2D eigenvalue weighted by molar-refractivity contribution is 7.20. The number of hydrogen-bond acceptors (Lipinski definition) is 7. The molecule has 104 valence electrons. The molecule has 0 bridgehead atoms. The van der Waals surface area contributed by atoms with Crippen molar-refractivity contribution in [2.24, 2.45) is 0 Å². The van der Waals surface area contributed by atoms with Crippen LogP contribution in [-0.4, -0.2) is 24.2 Å². The van der Waals surface area contributed by atoms with Crippen LogP contribution in [0.3, 0.4) is 0 Å². The van der Waals surface area contributed by atoms with E-state index >= 15 is 0 Å². The molecule has 0 saturated heterocycles. The number of fused-ring (bicyclic) bond motifs is 1. The number of nitrogens with two attached hydrogens (primary N) is 1. The Kier molecular flexibility index (Phi) is 2.74. The van der Waals surface area contributed by atoms with Crippen LogP contribution in [0.4, 0.5) is 5.00 Å². The maximum absolute atomic E-state index is 6.00. The standard InChI is InChI=1S/C12H14N6S2/c1-6-8(9(13)20-17-6)11-16-18-10(7-4-2-3-5-7)14-15-12(18)19-11/h7H,2-5,13H2,1H3. The number of aryl methyl sites for hydroxylation is 1. The van der Waals surface area contributed by atoms with E-state index in [1.807, 2.05) is 11.4 Å². The molecule has 0 aromatic carbocycles. The van der Waals surface area contributed by atoms with E-state index in [-0.39, 0.29) is 0 Å². The van der Waals surface area contributed by atoms with E-state index in [4.69, 9.17) is 5.73 Å². The van der Waals surface area contributed by atoms with Crippen molar-refractivity contribution < 1.29 is 0 Å². The van der Waals surface area contributed by atoms with Crippen molar-refractivity contribution in [2.75, 3.05) is 5.73 Å². The monoisotopic (exact) mass is 306 g/mol. The average molecular weight is 306 g/mol. The lowest BCUT2D eigenvalue weighted by atomic mass is 10.1. The number of nitrogen functional groups attached to an aromatic ring is 1. The smallest absolute Gasteiger partial charge is 0.234 e. The molecule has 1 fully saturated rings. The van der Waals surface area contributed by atoms with Gasteiger partial charge in [0.1, 0.15) is 5.00 Å². The molecule has 1 saturated carbocycles. The highest BCUT2D eigenvalue weighted by atomic mass is 32.1. The first-order valence-electron chi connectivity index (χ1n) is 6.68. The van der Waals surface area contributed by atoms with Gasteiger partial charge < -0.3 is 5.73 Å². The highest BCUT2D eigenvalue weighted by Gasteiger charge is 2.25. The molecule has 3 aromatic heterocycles. The van der Waals surface area contributed by atoms with Crippen LogP contribution >= 0.6 is 22.9 Å². The molecule has 0 unspecified atom stereocenters. The molecular weight excluding hydrogens is 292 g/mol. The van der Waals surface area contributed by atoms with E-state index in [2.05, 4.69) is 19.7 Å². The van der Waals surface area contributed by atoms with E-state index in [0.29, 0.717) is 5.92 Å². The molecule has 0 amide bonds. The largest absolute Gasteiger partial charge is 0.389 e. The average Bonchev–Trinajstić information content (AvgIpc) is 3.12. The van der Waals surface area contributed by atoms with Crippen LogP contribution in [0.25, 0.3) is 15.5 Å². The minimum atomic E-state index is 0.499. The lowest BCUT2D eigenvalue weighted by Gasteiger charge is -2.03. The van der Waals surface area contributed by atoms with Crippen LogP contribution in [0.1, 0.15) is 43.1 Å². The van der Waals surface area contributed by atoms with Gasteiger partial charge in [0.25, 0.3) is 0 Å². The van der Waals surface area contributed by atoms with Crippen LogP contribution in [0, 0.1) is 6.92 Å². The number of anilines is 1. The number of nitrogens with zero attached hydrogens (tertiary/aromatic N) is 5. The summed E-state index contributed by atoms with van der Waals surface area (Å²) in [5.74, 6) is 1.50. The van der Waals surface area contributed by atoms with Gasteiger partial charge in [0, 0.05) is 5.92 Å². The van der Waals surface area contributed by atoms with E-state index < -0.39 is 0 Å². The van der Waals surface area contributed by atoms with Crippen LogP contribution in [0.2, 0.25) is 0 Å². The maximum atomic E-state index is 6.00. The van der Waals surface area contributed by atoms with Crippen molar-refractivity contribution >= 4 is 32.8 Å². The number of rotatable bonds is 2. The van der Waals surface area contributed by atoms with Gasteiger partial charge in [-0.05, 0) is 31.3 Å². The predicted molar refractivity (Wildman–Crippen MR) is 80.1 cm³/mol. The van der Waals surface area contributed by atoms with Crippen molar-refractivity contribution in [1.29, 1.82) is 0 Å². The zero-order valence-electron chi connectivity index (χ0n) is 11.0. The number of hydrogen-bond donors (Lipinski definition) is 1. The van der Waals surface area contributed by atoms with E-state index in [0.717, 1.165) is 32.1 Å². The fraction of sp³-hybridized carbons (Fsp3) is 0.500. The molecule has 0 radical (unpaired) electrons. The summed E-state index contributed by atoms with van der Waals surface area (Å²) in [4.78, 5) is 0.840. The van der Waals surface area contributed by atoms with Gasteiger partial charge >= 0.3 is 0 Å². The molecule has 3 aromatic rings. The molecule has 0 atom stereocenters. The third-order valence-corrected chi connectivity index (χ3v) is 5.52. The Hall–Kier alpha value is -1.54. The Morgan fingerprint density at radius 3 is 2.75 bits per heavy atom. The molecule has 0 spiro atoms. The molecule has 20 heavy (non-hydrogen) atoms. The first kappa shape index (κ1) is 12.2.